The molecule has 1 saturated heterocycles. The first-order valence-electron chi connectivity index (χ1n) is 6.57. The third kappa shape index (κ3) is 4.60. The van der Waals surface area contributed by atoms with E-state index in [4.69, 9.17) is 4.74 Å². The van der Waals surface area contributed by atoms with Crippen LogP contribution in [-0.4, -0.2) is 33.6 Å². The Morgan fingerprint density at radius 3 is 2.84 bits per heavy atom. The van der Waals surface area contributed by atoms with Crippen LogP contribution in [0.25, 0.3) is 0 Å². The molecule has 4 nitrogen and oxygen atoms in total. The van der Waals surface area contributed by atoms with E-state index in [9.17, 15) is 8.42 Å². The van der Waals surface area contributed by atoms with Crippen LogP contribution < -0.4 is 5.32 Å². The fourth-order valence-corrected chi connectivity index (χ4v) is 4.31. The first-order chi connectivity index (χ1) is 9.09. The summed E-state index contributed by atoms with van der Waals surface area (Å²) in [4.78, 5) is 0. The largest absolute Gasteiger partial charge is 0.380 e. The van der Waals surface area contributed by atoms with Crippen molar-refractivity contribution in [3.8, 4) is 0 Å². The van der Waals surface area contributed by atoms with Gasteiger partial charge in [0.15, 0.2) is 9.84 Å². The van der Waals surface area contributed by atoms with E-state index in [1.165, 1.54) is 5.56 Å². The lowest BCUT2D eigenvalue weighted by atomic mass is 10.1. The second-order valence-corrected chi connectivity index (χ2v) is 7.38. The summed E-state index contributed by atoms with van der Waals surface area (Å²) in [6.45, 7) is 2.16. The van der Waals surface area contributed by atoms with Gasteiger partial charge >= 0.3 is 0 Å². The quantitative estimate of drug-likeness (QED) is 0.856. The lowest BCUT2D eigenvalue weighted by Gasteiger charge is -2.10. The molecule has 0 radical (unpaired) electrons. The predicted octanol–water partition coefficient (Wildman–Crippen LogP) is 1.36. The lowest BCUT2D eigenvalue weighted by molar-refractivity contribution is 0.185. The standard InChI is InChI=1S/C14H21NO3S/c1-18-10-13-4-2-3-12(7-13)8-15-9-14-5-6-19(16,17)11-14/h2-4,7,14-15H,5-6,8-11H2,1H3. The van der Waals surface area contributed by atoms with Crippen LogP contribution in [0.2, 0.25) is 0 Å². The van der Waals surface area contributed by atoms with Crippen LogP contribution in [0.3, 0.4) is 0 Å². The van der Waals surface area contributed by atoms with Crippen molar-refractivity contribution in [1.29, 1.82) is 0 Å². The summed E-state index contributed by atoms with van der Waals surface area (Å²) in [7, 11) is -1.08. The van der Waals surface area contributed by atoms with Crippen molar-refractivity contribution in [2.24, 2.45) is 5.92 Å². The molecule has 1 aromatic rings. The van der Waals surface area contributed by atoms with E-state index < -0.39 is 9.84 Å². The summed E-state index contributed by atoms with van der Waals surface area (Å²) in [5.41, 5.74) is 2.36. The van der Waals surface area contributed by atoms with E-state index in [1.54, 1.807) is 7.11 Å². The fraction of sp³-hybridized carbons (Fsp3) is 0.571. The van der Waals surface area contributed by atoms with Gasteiger partial charge in [-0.25, -0.2) is 8.42 Å². The molecule has 2 rings (SSSR count). The molecule has 1 N–H and O–H groups in total. The van der Waals surface area contributed by atoms with Crippen molar-refractivity contribution in [2.45, 2.75) is 19.6 Å². The van der Waals surface area contributed by atoms with Gasteiger partial charge in [0.2, 0.25) is 0 Å². The van der Waals surface area contributed by atoms with Crippen LogP contribution in [0.5, 0.6) is 0 Å². The Kier molecular flexibility index (Phi) is 4.96. The molecule has 106 valence electrons. The van der Waals surface area contributed by atoms with Gasteiger partial charge in [-0.3, -0.25) is 0 Å². The van der Waals surface area contributed by atoms with Crippen molar-refractivity contribution in [2.75, 3.05) is 25.2 Å². The van der Waals surface area contributed by atoms with Crippen LogP contribution >= 0.6 is 0 Å². The lowest BCUT2D eigenvalue weighted by Crippen LogP contribution is -2.23. The predicted molar refractivity (Wildman–Crippen MR) is 75.6 cm³/mol. The first kappa shape index (κ1) is 14.5. The summed E-state index contributed by atoms with van der Waals surface area (Å²) in [5.74, 6) is 0.957. The van der Waals surface area contributed by atoms with E-state index in [0.717, 1.165) is 25.1 Å². The number of nitrogens with one attached hydrogen (secondary N) is 1. The summed E-state index contributed by atoms with van der Waals surface area (Å²) in [6, 6.07) is 8.24. The highest BCUT2D eigenvalue weighted by atomic mass is 32.2. The zero-order chi connectivity index (χ0) is 13.7. The molecule has 0 aromatic heterocycles. The third-order valence-electron chi connectivity index (χ3n) is 3.39. The molecule has 1 fully saturated rings. The van der Waals surface area contributed by atoms with Crippen molar-refractivity contribution >= 4 is 9.84 Å². The monoisotopic (exact) mass is 283 g/mol. The number of hydrogen-bond acceptors (Lipinski definition) is 4. The van der Waals surface area contributed by atoms with E-state index in [2.05, 4.69) is 17.4 Å². The second-order valence-electron chi connectivity index (χ2n) is 5.15. The Labute approximate surface area is 115 Å². The number of rotatable bonds is 6. The van der Waals surface area contributed by atoms with Gasteiger partial charge in [-0.15, -0.1) is 0 Å². The second kappa shape index (κ2) is 6.50. The topological polar surface area (TPSA) is 55.4 Å². The molecule has 1 aliphatic heterocycles. The molecule has 0 amide bonds. The molecule has 1 atom stereocenters. The van der Waals surface area contributed by atoms with Gasteiger partial charge < -0.3 is 10.1 Å². The molecular formula is C14H21NO3S. The molecule has 19 heavy (non-hydrogen) atoms. The number of hydrogen-bond donors (Lipinski definition) is 1. The van der Waals surface area contributed by atoms with Crippen molar-refractivity contribution in [3.63, 3.8) is 0 Å². The van der Waals surface area contributed by atoms with E-state index in [0.29, 0.717) is 18.1 Å². The van der Waals surface area contributed by atoms with Crippen LogP contribution in [0, 0.1) is 5.92 Å². The Morgan fingerprint density at radius 2 is 2.16 bits per heavy atom. The van der Waals surface area contributed by atoms with Crippen molar-refractivity contribution in [1.82, 2.24) is 5.32 Å². The number of ether oxygens (including phenoxy) is 1. The molecule has 1 unspecified atom stereocenters. The van der Waals surface area contributed by atoms with Gasteiger partial charge in [0, 0.05) is 13.7 Å². The molecule has 1 aliphatic rings. The van der Waals surface area contributed by atoms with Gasteiger partial charge in [-0.2, -0.15) is 0 Å². The molecule has 0 spiro atoms. The molecule has 0 saturated carbocycles. The maximum Gasteiger partial charge on any atom is 0.150 e. The highest BCUT2D eigenvalue weighted by Crippen LogP contribution is 2.17. The Balaban J connectivity index is 1.78. The van der Waals surface area contributed by atoms with E-state index >= 15 is 0 Å². The molecule has 1 heterocycles. The average molecular weight is 283 g/mol. The van der Waals surface area contributed by atoms with Gasteiger partial charge in [0.25, 0.3) is 0 Å². The van der Waals surface area contributed by atoms with Crippen molar-refractivity contribution < 1.29 is 13.2 Å². The van der Waals surface area contributed by atoms with Crippen LogP contribution in [0.15, 0.2) is 24.3 Å². The van der Waals surface area contributed by atoms with Crippen LogP contribution in [-0.2, 0) is 27.7 Å². The van der Waals surface area contributed by atoms with Crippen molar-refractivity contribution in [3.05, 3.63) is 35.4 Å². The number of methoxy groups -OCH3 is 1. The zero-order valence-corrected chi connectivity index (χ0v) is 12.1. The fourth-order valence-electron chi connectivity index (χ4n) is 2.45. The van der Waals surface area contributed by atoms with Gasteiger partial charge in [0.1, 0.15) is 0 Å². The summed E-state index contributed by atoms with van der Waals surface area (Å²) in [5, 5.41) is 3.35. The van der Waals surface area contributed by atoms with Crippen LogP contribution in [0.1, 0.15) is 17.5 Å². The normalized spacial score (nSPS) is 21.6. The smallest absolute Gasteiger partial charge is 0.150 e. The summed E-state index contributed by atoms with van der Waals surface area (Å²) >= 11 is 0. The highest BCUT2D eigenvalue weighted by molar-refractivity contribution is 7.91. The van der Waals surface area contributed by atoms with E-state index in [1.807, 2.05) is 12.1 Å². The van der Waals surface area contributed by atoms with Gasteiger partial charge in [-0.05, 0) is 30.0 Å². The molecule has 1 aromatic carbocycles. The number of benzene rings is 1. The Morgan fingerprint density at radius 1 is 1.37 bits per heavy atom. The van der Waals surface area contributed by atoms with Gasteiger partial charge in [0.05, 0.1) is 18.1 Å². The summed E-state index contributed by atoms with van der Waals surface area (Å²) < 4.78 is 27.8. The minimum absolute atomic E-state index is 0.271. The van der Waals surface area contributed by atoms with E-state index in [-0.39, 0.29) is 5.92 Å². The minimum atomic E-state index is -2.76. The maximum absolute atomic E-state index is 11.3. The van der Waals surface area contributed by atoms with Crippen LogP contribution in [0.4, 0.5) is 0 Å². The third-order valence-corrected chi connectivity index (χ3v) is 5.23. The average Bonchev–Trinajstić information content (AvgIpc) is 2.70. The maximum atomic E-state index is 11.3. The Bertz CT molecular complexity index is 513. The van der Waals surface area contributed by atoms with Gasteiger partial charge in [-0.1, -0.05) is 24.3 Å². The molecule has 0 bridgehead atoms. The minimum Gasteiger partial charge on any atom is -0.380 e. The molecule has 0 aliphatic carbocycles. The highest BCUT2D eigenvalue weighted by Gasteiger charge is 2.27. The zero-order valence-electron chi connectivity index (χ0n) is 11.3. The SMILES string of the molecule is COCc1cccc(CNCC2CCS(=O)(=O)C2)c1. The molecular weight excluding hydrogens is 262 g/mol. The first-order valence-corrected chi connectivity index (χ1v) is 8.39. The summed E-state index contributed by atoms with van der Waals surface area (Å²) in [6.07, 6.45) is 0.791. The number of sulfone groups is 1. The Hall–Kier alpha value is -0.910. The molecule has 5 heteroatoms.